The first-order valence-corrected chi connectivity index (χ1v) is 12.6. The third-order valence-electron chi connectivity index (χ3n) is 5.33. The Balaban J connectivity index is 1.59. The van der Waals surface area contributed by atoms with E-state index in [1.54, 1.807) is 18.2 Å². The van der Waals surface area contributed by atoms with Crippen molar-refractivity contribution in [1.82, 2.24) is 4.31 Å². The average molecular weight is 479 g/mol. The summed E-state index contributed by atoms with van der Waals surface area (Å²) >= 11 is 0. The highest BCUT2D eigenvalue weighted by Gasteiger charge is 2.28. The van der Waals surface area contributed by atoms with Crippen LogP contribution in [0.15, 0.2) is 70.5 Å². The minimum absolute atomic E-state index is 0.00844. The minimum atomic E-state index is -3.95. The summed E-state index contributed by atoms with van der Waals surface area (Å²) in [7, 11) is -7.78. The van der Waals surface area contributed by atoms with Gasteiger partial charge in [-0.05, 0) is 84.6 Å². The summed E-state index contributed by atoms with van der Waals surface area (Å²) in [5, 5.41) is 0. The summed E-state index contributed by atoms with van der Waals surface area (Å²) in [5.41, 5.74) is 2.06. The topological polar surface area (TPSA) is 83.6 Å². The van der Waals surface area contributed by atoms with Gasteiger partial charge in [0.1, 0.15) is 11.6 Å². The molecule has 6 nitrogen and oxygen atoms in total. The number of hydrogen-bond acceptors (Lipinski definition) is 4. The van der Waals surface area contributed by atoms with Gasteiger partial charge in [0.05, 0.1) is 9.79 Å². The molecule has 10 heteroatoms. The van der Waals surface area contributed by atoms with Crippen LogP contribution in [-0.2, 0) is 33.0 Å². The second-order valence-corrected chi connectivity index (χ2v) is 11.2. The van der Waals surface area contributed by atoms with E-state index < -0.39 is 31.7 Å². The lowest BCUT2D eigenvalue weighted by molar-refractivity contribution is 0.391. The van der Waals surface area contributed by atoms with E-state index in [1.807, 2.05) is 0 Å². The van der Waals surface area contributed by atoms with Gasteiger partial charge < -0.3 is 0 Å². The van der Waals surface area contributed by atoms with E-state index in [0.29, 0.717) is 12.0 Å². The zero-order valence-electron chi connectivity index (χ0n) is 17.0. The SMILES string of the molecule is Cc1cc(S(=O)(=O)Nc2ccc3c(c2)CN(S(=O)(=O)c2ccc(F)cc2)CC3)ccc1F. The molecule has 0 saturated carbocycles. The second-order valence-electron chi connectivity index (χ2n) is 7.54. The Hall–Kier alpha value is -2.82. The molecule has 1 heterocycles. The molecule has 3 aromatic rings. The number of halogens is 2. The zero-order valence-corrected chi connectivity index (χ0v) is 18.7. The highest BCUT2D eigenvalue weighted by Crippen LogP contribution is 2.28. The third kappa shape index (κ3) is 4.38. The molecule has 0 saturated heterocycles. The van der Waals surface area contributed by atoms with Crippen LogP contribution in [0.3, 0.4) is 0 Å². The van der Waals surface area contributed by atoms with Gasteiger partial charge in [-0.15, -0.1) is 0 Å². The lowest BCUT2D eigenvalue weighted by Gasteiger charge is -2.28. The van der Waals surface area contributed by atoms with Gasteiger partial charge in [0.2, 0.25) is 10.0 Å². The molecule has 3 aromatic carbocycles. The lowest BCUT2D eigenvalue weighted by Crippen LogP contribution is -2.36. The standard InChI is InChI=1S/C22H20F2N2O4S2/c1-15-12-21(8-9-22(15)24)31(27,28)25-19-5-2-16-10-11-26(14-17(16)13-19)32(29,30)20-6-3-18(23)4-7-20/h2-9,12-13,25H,10-11,14H2,1H3. The summed E-state index contributed by atoms with van der Waals surface area (Å²) in [6.45, 7) is 1.79. The summed E-state index contributed by atoms with van der Waals surface area (Å²) < 4.78 is 81.7. The number of sulfonamides is 2. The van der Waals surface area contributed by atoms with Crippen molar-refractivity contribution in [3.8, 4) is 0 Å². The molecule has 1 aliphatic rings. The van der Waals surface area contributed by atoms with Gasteiger partial charge in [-0.25, -0.2) is 25.6 Å². The summed E-state index contributed by atoms with van der Waals surface area (Å²) in [4.78, 5) is -0.0829. The van der Waals surface area contributed by atoms with Crippen LogP contribution in [0.1, 0.15) is 16.7 Å². The Morgan fingerprint density at radius 3 is 2.22 bits per heavy atom. The van der Waals surface area contributed by atoms with Crippen molar-refractivity contribution in [2.24, 2.45) is 0 Å². The Morgan fingerprint density at radius 1 is 0.844 bits per heavy atom. The third-order valence-corrected chi connectivity index (χ3v) is 8.57. The van der Waals surface area contributed by atoms with E-state index in [4.69, 9.17) is 0 Å². The molecule has 1 aliphatic heterocycles. The molecule has 1 N–H and O–H groups in total. The summed E-state index contributed by atoms with van der Waals surface area (Å²) in [6, 6.07) is 13.1. The van der Waals surface area contributed by atoms with Crippen LogP contribution in [0, 0.1) is 18.6 Å². The van der Waals surface area contributed by atoms with Gasteiger partial charge in [0, 0.05) is 18.8 Å². The fourth-order valence-corrected chi connectivity index (χ4v) is 6.11. The van der Waals surface area contributed by atoms with Crippen LogP contribution >= 0.6 is 0 Å². The molecule has 168 valence electrons. The summed E-state index contributed by atoms with van der Waals surface area (Å²) in [6.07, 6.45) is 0.458. The van der Waals surface area contributed by atoms with Gasteiger partial charge in [0.15, 0.2) is 0 Å². The number of rotatable bonds is 5. The van der Waals surface area contributed by atoms with Gasteiger partial charge in [-0.3, -0.25) is 4.72 Å². The van der Waals surface area contributed by atoms with Crippen LogP contribution < -0.4 is 4.72 Å². The van der Waals surface area contributed by atoms with Crippen molar-refractivity contribution in [2.45, 2.75) is 29.7 Å². The predicted octanol–water partition coefficient (Wildman–Crippen LogP) is 3.82. The zero-order chi connectivity index (χ0) is 23.1. The van der Waals surface area contributed by atoms with Gasteiger partial charge in [-0.1, -0.05) is 6.07 Å². The molecule has 0 fully saturated rings. The molecule has 0 unspecified atom stereocenters. The maximum absolute atomic E-state index is 13.5. The second kappa shape index (κ2) is 8.27. The normalized spacial score (nSPS) is 14.7. The Morgan fingerprint density at radius 2 is 1.53 bits per heavy atom. The Labute approximate surface area is 185 Å². The highest BCUT2D eigenvalue weighted by atomic mass is 32.2. The first-order chi connectivity index (χ1) is 15.1. The van der Waals surface area contributed by atoms with Crippen molar-refractivity contribution < 1.29 is 25.6 Å². The van der Waals surface area contributed by atoms with Crippen LogP contribution in [0.2, 0.25) is 0 Å². The maximum atomic E-state index is 13.5. The molecular formula is C22H20F2N2O4S2. The number of benzene rings is 3. The van der Waals surface area contributed by atoms with E-state index >= 15 is 0 Å². The Bertz CT molecular complexity index is 1390. The number of hydrogen-bond donors (Lipinski definition) is 1. The molecule has 0 aromatic heterocycles. The van der Waals surface area contributed by atoms with Crippen LogP contribution in [0.4, 0.5) is 14.5 Å². The van der Waals surface area contributed by atoms with E-state index in [2.05, 4.69) is 4.72 Å². The molecule has 0 spiro atoms. The van der Waals surface area contributed by atoms with E-state index in [0.717, 1.165) is 23.8 Å². The smallest absolute Gasteiger partial charge is 0.261 e. The number of anilines is 1. The van der Waals surface area contributed by atoms with Crippen molar-refractivity contribution in [1.29, 1.82) is 0 Å². The number of nitrogens with one attached hydrogen (secondary N) is 1. The molecule has 32 heavy (non-hydrogen) atoms. The summed E-state index contributed by atoms with van der Waals surface area (Å²) in [5.74, 6) is -1.03. The van der Waals surface area contributed by atoms with Crippen LogP contribution in [0.25, 0.3) is 0 Å². The number of nitrogens with zero attached hydrogens (tertiary/aromatic N) is 1. The first kappa shape index (κ1) is 22.4. The lowest BCUT2D eigenvalue weighted by atomic mass is 10.0. The predicted molar refractivity (Wildman–Crippen MR) is 116 cm³/mol. The van der Waals surface area contributed by atoms with E-state index in [-0.39, 0.29) is 34.1 Å². The van der Waals surface area contributed by atoms with Crippen LogP contribution in [0.5, 0.6) is 0 Å². The molecular weight excluding hydrogens is 458 g/mol. The number of fused-ring (bicyclic) bond motifs is 1. The fourth-order valence-electron chi connectivity index (χ4n) is 3.55. The van der Waals surface area contributed by atoms with Crippen LogP contribution in [-0.4, -0.2) is 27.7 Å². The molecule has 0 bridgehead atoms. The van der Waals surface area contributed by atoms with Crippen molar-refractivity contribution >= 4 is 25.7 Å². The fraction of sp³-hybridized carbons (Fsp3) is 0.182. The molecule has 0 atom stereocenters. The monoisotopic (exact) mass is 478 g/mol. The molecule has 4 rings (SSSR count). The van der Waals surface area contributed by atoms with E-state index in [9.17, 15) is 25.6 Å². The minimum Gasteiger partial charge on any atom is -0.280 e. The number of aryl methyl sites for hydroxylation is 1. The van der Waals surface area contributed by atoms with Gasteiger partial charge in [0.25, 0.3) is 10.0 Å². The average Bonchev–Trinajstić information content (AvgIpc) is 2.75. The van der Waals surface area contributed by atoms with Gasteiger partial charge >= 0.3 is 0 Å². The highest BCUT2D eigenvalue weighted by molar-refractivity contribution is 7.92. The van der Waals surface area contributed by atoms with Crippen molar-refractivity contribution in [3.05, 3.63) is 89.0 Å². The molecule has 0 aliphatic carbocycles. The molecule has 0 radical (unpaired) electrons. The quantitative estimate of drug-likeness (QED) is 0.604. The van der Waals surface area contributed by atoms with Gasteiger partial charge in [-0.2, -0.15) is 4.31 Å². The molecule has 0 amide bonds. The van der Waals surface area contributed by atoms with E-state index in [1.165, 1.54) is 35.5 Å². The first-order valence-electron chi connectivity index (χ1n) is 9.73. The largest absolute Gasteiger partial charge is 0.280 e. The Kier molecular flexibility index (Phi) is 5.78. The van der Waals surface area contributed by atoms with Crippen molar-refractivity contribution in [2.75, 3.05) is 11.3 Å². The maximum Gasteiger partial charge on any atom is 0.261 e. The van der Waals surface area contributed by atoms with Crippen molar-refractivity contribution in [3.63, 3.8) is 0 Å².